The lowest BCUT2D eigenvalue weighted by Gasteiger charge is -2.15. The van der Waals surface area contributed by atoms with Crippen molar-refractivity contribution in [3.05, 3.63) is 151 Å². The van der Waals surface area contributed by atoms with Crippen molar-refractivity contribution in [2.75, 3.05) is 0 Å². The van der Waals surface area contributed by atoms with Crippen molar-refractivity contribution in [3.63, 3.8) is 0 Å². The van der Waals surface area contributed by atoms with Gasteiger partial charge in [0.1, 0.15) is 24.7 Å². The molecule has 4 heterocycles. The molecule has 0 fully saturated rings. The van der Waals surface area contributed by atoms with Crippen molar-refractivity contribution in [3.8, 4) is 11.4 Å². The van der Waals surface area contributed by atoms with Crippen LogP contribution in [0.15, 0.2) is 94.9 Å². The molecular weight excluding hydrogens is 726 g/mol. The highest BCUT2D eigenvalue weighted by atomic mass is 35.5. The number of nitrogens with zero attached hydrogens (tertiary/aromatic N) is 8. The van der Waals surface area contributed by atoms with Crippen LogP contribution in [0.4, 0.5) is 0 Å². The molecule has 48 heavy (non-hydrogen) atoms. The van der Waals surface area contributed by atoms with Gasteiger partial charge in [-0.3, -0.25) is 19.1 Å². The van der Waals surface area contributed by atoms with E-state index in [1.54, 1.807) is 21.6 Å². The fourth-order valence-electron chi connectivity index (χ4n) is 5.87. The number of benzene rings is 4. The van der Waals surface area contributed by atoms with Gasteiger partial charge in [-0.05, 0) is 48.5 Å². The van der Waals surface area contributed by atoms with E-state index in [0.717, 1.165) is 68.3 Å². The molecule has 8 rings (SSSR count). The van der Waals surface area contributed by atoms with E-state index in [1.165, 1.54) is 0 Å². The number of fused-ring (bicyclic) bond motifs is 6. The van der Waals surface area contributed by atoms with Crippen LogP contribution in [0, 0.1) is 0 Å². The number of hydrogen-bond acceptors (Lipinski definition) is 8. The van der Waals surface area contributed by atoms with E-state index in [0.29, 0.717) is 44.7 Å². The first kappa shape index (κ1) is 31.6. The van der Waals surface area contributed by atoms with Crippen molar-refractivity contribution in [1.29, 1.82) is 0 Å². The Morgan fingerprint density at radius 2 is 0.958 bits per heavy atom. The fraction of sp³-hybridized carbons (Fsp3) is 0.118. The highest BCUT2D eigenvalue weighted by molar-refractivity contribution is 8.76. The van der Waals surface area contributed by atoms with Crippen LogP contribution < -0.4 is 0 Å². The molecule has 0 unspecified atom stereocenters. The summed E-state index contributed by atoms with van der Waals surface area (Å²) >= 11 is 26.2. The number of rotatable bonds is 7. The maximum atomic E-state index is 6.61. The largest absolute Gasteiger partial charge is 0.280 e. The highest BCUT2D eigenvalue weighted by Crippen LogP contribution is 2.36. The molecule has 4 aromatic carbocycles. The minimum Gasteiger partial charge on any atom is -0.280 e. The van der Waals surface area contributed by atoms with E-state index in [1.807, 2.05) is 84.9 Å². The zero-order valence-electron chi connectivity index (χ0n) is 24.8. The van der Waals surface area contributed by atoms with Crippen LogP contribution in [0.1, 0.15) is 45.6 Å². The zero-order valence-corrected chi connectivity index (χ0v) is 29.5. The van der Waals surface area contributed by atoms with E-state index in [9.17, 15) is 0 Å². The maximum absolute atomic E-state index is 6.61. The number of halogens is 4. The average Bonchev–Trinajstić information content (AvgIpc) is 3.59. The van der Waals surface area contributed by atoms with Crippen molar-refractivity contribution >= 4 is 79.4 Å². The van der Waals surface area contributed by atoms with Gasteiger partial charge < -0.3 is 0 Å². The van der Waals surface area contributed by atoms with E-state index >= 15 is 0 Å². The van der Waals surface area contributed by atoms with Gasteiger partial charge >= 0.3 is 0 Å². The second-order valence-electron chi connectivity index (χ2n) is 10.9. The number of aliphatic imine (C=N–C) groups is 2. The first-order valence-electron chi connectivity index (χ1n) is 14.8. The molecule has 2 aliphatic rings. The van der Waals surface area contributed by atoms with Crippen LogP contribution in [-0.4, -0.2) is 41.0 Å². The Kier molecular flexibility index (Phi) is 8.79. The van der Waals surface area contributed by atoms with Gasteiger partial charge in [-0.15, -0.1) is 20.4 Å². The molecule has 0 atom stereocenters. The first-order valence-corrected chi connectivity index (χ1v) is 18.8. The van der Waals surface area contributed by atoms with Crippen LogP contribution >= 0.6 is 68.0 Å². The minimum atomic E-state index is 0.352. The summed E-state index contributed by atoms with van der Waals surface area (Å²) < 4.78 is 4.15. The van der Waals surface area contributed by atoms with Gasteiger partial charge in [-0.1, -0.05) is 104 Å². The van der Waals surface area contributed by atoms with Gasteiger partial charge in [-0.25, -0.2) is 0 Å². The van der Waals surface area contributed by atoms with Gasteiger partial charge in [-0.2, -0.15) is 0 Å². The van der Waals surface area contributed by atoms with Crippen molar-refractivity contribution in [2.24, 2.45) is 9.98 Å². The van der Waals surface area contributed by atoms with E-state index in [4.69, 9.17) is 56.4 Å². The van der Waals surface area contributed by atoms with Crippen LogP contribution in [-0.2, 0) is 24.6 Å². The van der Waals surface area contributed by atoms with Crippen molar-refractivity contribution in [1.82, 2.24) is 29.5 Å². The molecule has 0 spiro atoms. The second-order valence-corrected chi connectivity index (χ2v) is 15.0. The Bertz CT molecular complexity index is 2120. The number of aromatic nitrogens is 6. The molecule has 6 aromatic rings. The summed E-state index contributed by atoms with van der Waals surface area (Å²) in [6.07, 6.45) is 0. The summed E-state index contributed by atoms with van der Waals surface area (Å²) in [6, 6.07) is 26.9. The lowest BCUT2D eigenvalue weighted by molar-refractivity contribution is 0.859. The van der Waals surface area contributed by atoms with E-state index in [2.05, 4.69) is 29.5 Å². The zero-order chi connectivity index (χ0) is 32.8. The topological polar surface area (TPSA) is 86.1 Å². The molecule has 8 nitrogen and oxygen atoms in total. The maximum Gasteiger partial charge on any atom is 0.159 e. The third-order valence-electron chi connectivity index (χ3n) is 7.98. The molecule has 238 valence electrons. The highest BCUT2D eigenvalue weighted by Gasteiger charge is 2.26. The third kappa shape index (κ3) is 5.84. The summed E-state index contributed by atoms with van der Waals surface area (Å²) in [5.41, 5.74) is 6.78. The third-order valence-corrected chi connectivity index (χ3v) is 11.2. The summed E-state index contributed by atoms with van der Waals surface area (Å²) in [6.45, 7) is 0.705. The average molecular weight is 749 g/mol. The van der Waals surface area contributed by atoms with Crippen molar-refractivity contribution in [2.45, 2.75) is 24.6 Å². The fourth-order valence-corrected chi connectivity index (χ4v) is 8.55. The molecule has 2 aliphatic heterocycles. The molecule has 14 heteroatoms. The number of hydrogen-bond donors (Lipinski definition) is 0. The Morgan fingerprint density at radius 1 is 0.521 bits per heavy atom. The lowest BCUT2D eigenvalue weighted by atomic mass is 10.0. The summed E-state index contributed by atoms with van der Waals surface area (Å²) in [5.74, 6) is 4.28. The molecule has 0 aliphatic carbocycles. The van der Waals surface area contributed by atoms with Crippen LogP contribution in [0.25, 0.3) is 11.4 Å². The summed E-state index contributed by atoms with van der Waals surface area (Å²) in [4.78, 5) is 9.84. The Hall–Kier alpha value is -3.64. The van der Waals surface area contributed by atoms with Crippen LogP contribution in [0.3, 0.4) is 0 Å². The molecule has 0 amide bonds. The predicted octanol–water partition coefficient (Wildman–Crippen LogP) is 9.25. The Labute approximate surface area is 303 Å². The minimum absolute atomic E-state index is 0.352. The summed E-state index contributed by atoms with van der Waals surface area (Å²) in [7, 11) is 3.33. The van der Waals surface area contributed by atoms with E-state index in [-0.39, 0.29) is 0 Å². The molecule has 0 bridgehead atoms. The van der Waals surface area contributed by atoms with Gasteiger partial charge in [0.05, 0.1) is 34.3 Å². The van der Waals surface area contributed by atoms with Gasteiger partial charge in [0.15, 0.2) is 11.6 Å². The normalized spacial score (nSPS) is 13.4. The monoisotopic (exact) mass is 746 g/mol. The smallest absolute Gasteiger partial charge is 0.159 e. The quantitative estimate of drug-likeness (QED) is 0.120. The molecule has 0 saturated heterocycles. The van der Waals surface area contributed by atoms with Gasteiger partial charge in [0.2, 0.25) is 0 Å². The van der Waals surface area contributed by atoms with Gasteiger partial charge in [0.25, 0.3) is 0 Å². The van der Waals surface area contributed by atoms with E-state index < -0.39 is 0 Å². The molecular formula is C34H22Cl4N8S2. The molecule has 0 N–H and O–H groups in total. The second kappa shape index (κ2) is 13.3. The Balaban J connectivity index is 1.05. The van der Waals surface area contributed by atoms with Crippen LogP contribution in [0.2, 0.25) is 20.1 Å². The van der Waals surface area contributed by atoms with Gasteiger partial charge in [0, 0.05) is 42.3 Å². The van der Waals surface area contributed by atoms with Crippen LogP contribution in [0.5, 0.6) is 0 Å². The first-order chi connectivity index (χ1) is 23.5. The lowest BCUT2D eigenvalue weighted by Crippen LogP contribution is -2.10. The SMILES string of the molecule is Clc1ccc2c(c1)C(c1ccccc1Cl)=NCc1nnc(CSSCc3nnc4n3-c3ccc(Cl)cc3C(c3ccccc3Cl)=NC4)n1-2. The summed E-state index contributed by atoms with van der Waals surface area (Å²) in [5, 5.41) is 20.6. The standard InChI is InChI=1S/C34H22Cl4N8S2/c35-19-9-11-27-23(13-19)33(21-5-1-3-7-25(21)37)39-15-29-41-43-31(45(27)29)17-47-48-18-32-44-42-30-16-40-34(22-6-2-4-8-26(22)38)24-14-20(36)10-12-28(24)46(30)32/h1-14H,15-18H2. The Morgan fingerprint density at radius 3 is 1.40 bits per heavy atom. The van der Waals surface area contributed by atoms with Crippen molar-refractivity contribution < 1.29 is 0 Å². The molecule has 0 saturated carbocycles. The molecule has 0 radical (unpaired) electrons. The molecule has 2 aromatic heterocycles. The predicted molar refractivity (Wildman–Crippen MR) is 197 cm³/mol.